The van der Waals surface area contributed by atoms with Crippen LogP contribution in [0.3, 0.4) is 0 Å². The van der Waals surface area contributed by atoms with Crippen molar-refractivity contribution < 1.29 is 13.2 Å². The Morgan fingerprint density at radius 2 is 1.62 bits per heavy atom. The number of aromatic nitrogens is 6. The summed E-state index contributed by atoms with van der Waals surface area (Å²) in [6.07, 6.45) is -4.53. The molecular weight excluding hydrogens is 430 g/mol. The predicted molar refractivity (Wildman–Crippen MR) is 115 cm³/mol. The maximum Gasteiger partial charge on any atom is 0.433 e. The molecule has 0 atom stereocenters. The number of nitrogens with zero attached hydrogens (tertiary/aromatic N) is 5. The van der Waals surface area contributed by atoms with E-state index in [1.807, 2.05) is 48.5 Å². The van der Waals surface area contributed by atoms with Crippen LogP contribution in [0.2, 0.25) is 0 Å². The van der Waals surface area contributed by atoms with Gasteiger partial charge in [-0.3, -0.25) is 0 Å². The van der Waals surface area contributed by atoms with Gasteiger partial charge < -0.3 is 5.32 Å². The van der Waals surface area contributed by atoms with E-state index >= 15 is 0 Å². The Balaban J connectivity index is 0.00000289. The number of aryl methyl sites for hydroxylation is 1. The van der Waals surface area contributed by atoms with Crippen LogP contribution in [0.4, 0.5) is 19.0 Å². The third kappa shape index (κ3) is 5.14. The van der Waals surface area contributed by atoms with Gasteiger partial charge >= 0.3 is 6.18 Å². The minimum atomic E-state index is -4.53. The summed E-state index contributed by atoms with van der Waals surface area (Å²) < 4.78 is 39.5. The molecule has 0 saturated heterocycles. The molecule has 2 heterocycles. The standard InChI is InChI=1S/C21H18F3N7.Na/c1-12-18(21(22,23)24)26-13(2)27-19(12)25-11-14-7-9-15(10-8-14)16-5-3-4-6-17(16)20-28-30-31-29-20;/h3-10H,11H2,1-2H3,(H,25,26,27)(H,28,29,30,31);. The fourth-order valence-electron chi connectivity index (χ4n) is 3.27. The zero-order valence-electron chi connectivity index (χ0n) is 17.7. The van der Waals surface area contributed by atoms with E-state index in [1.165, 1.54) is 13.8 Å². The first-order valence-corrected chi connectivity index (χ1v) is 9.41. The van der Waals surface area contributed by atoms with E-state index in [0.29, 0.717) is 12.4 Å². The van der Waals surface area contributed by atoms with E-state index in [-0.39, 0.29) is 46.8 Å². The van der Waals surface area contributed by atoms with Crippen molar-refractivity contribution in [3.63, 3.8) is 0 Å². The van der Waals surface area contributed by atoms with Crippen LogP contribution >= 0.6 is 0 Å². The fraction of sp³-hybridized carbons (Fsp3) is 0.190. The predicted octanol–water partition coefficient (Wildman–Crippen LogP) is 4.19. The van der Waals surface area contributed by atoms with Gasteiger partial charge in [-0.15, -0.1) is 10.2 Å². The van der Waals surface area contributed by atoms with E-state index in [9.17, 15) is 13.2 Å². The summed E-state index contributed by atoms with van der Waals surface area (Å²) in [4.78, 5) is 7.66. The van der Waals surface area contributed by atoms with Crippen LogP contribution in [0, 0.1) is 13.8 Å². The summed E-state index contributed by atoms with van der Waals surface area (Å²) in [5.41, 5.74) is 2.69. The number of rotatable bonds is 5. The van der Waals surface area contributed by atoms with Gasteiger partial charge in [0, 0.05) is 47.2 Å². The molecule has 1 radical (unpaired) electrons. The Morgan fingerprint density at radius 3 is 2.25 bits per heavy atom. The van der Waals surface area contributed by atoms with Gasteiger partial charge in [0.05, 0.1) is 0 Å². The topological polar surface area (TPSA) is 92.3 Å². The van der Waals surface area contributed by atoms with Crippen LogP contribution in [0.25, 0.3) is 22.5 Å². The second kappa shape index (κ2) is 9.76. The van der Waals surface area contributed by atoms with Crippen molar-refractivity contribution in [1.82, 2.24) is 30.6 Å². The van der Waals surface area contributed by atoms with Crippen LogP contribution in [0.15, 0.2) is 48.5 Å². The maximum absolute atomic E-state index is 13.2. The minimum absolute atomic E-state index is 0. The molecule has 2 aromatic heterocycles. The number of H-pyrrole nitrogens is 1. The minimum Gasteiger partial charge on any atom is -0.366 e. The van der Waals surface area contributed by atoms with Crippen molar-refractivity contribution in [3.8, 4) is 22.5 Å². The number of nitrogens with one attached hydrogen (secondary N) is 2. The Kier molecular flexibility index (Phi) is 7.27. The number of hydrogen-bond acceptors (Lipinski definition) is 6. The Bertz CT molecular complexity index is 1190. The number of aromatic amines is 1. The van der Waals surface area contributed by atoms with Gasteiger partial charge in [0.2, 0.25) is 5.82 Å². The molecule has 4 aromatic rings. The van der Waals surface area contributed by atoms with E-state index in [2.05, 4.69) is 35.9 Å². The smallest absolute Gasteiger partial charge is 0.366 e. The summed E-state index contributed by atoms with van der Waals surface area (Å²) in [5, 5.41) is 17.1. The van der Waals surface area contributed by atoms with Crippen molar-refractivity contribution in [2.24, 2.45) is 0 Å². The molecule has 0 bridgehead atoms. The zero-order chi connectivity index (χ0) is 22.0. The molecule has 11 heteroatoms. The second-order valence-electron chi connectivity index (χ2n) is 6.92. The molecule has 7 nitrogen and oxygen atoms in total. The number of anilines is 1. The van der Waals surface area contributed by atoms with Gasteiger partial charge in [-0.05, 0) is 35.8 Å². The average Bonchev–Trinajstić information content (AvgIpc) is 3.28. The summed E-state index contributed by atoms with van der Waals surface area (Å²) in [6.45, 7) is 3.12. The van der Waals surface area contributed by atoms with Gasteiger partial charge in [0.25, 0.3) is 0 Å². The third-order valence-electron chi connectivity index (χ3n) is 4.76. The molecule has 0 aliphatic carbocycles. The van der Waals surface area contributed by atoms with Crippen LogP contribution in [0.1, 0.15) is 22.6 Å². The average molecular weight is 448 g/mol. The molecule has 0 aliphatic rings. The van der Waals surface area contributed by atoms with Gasteiger partial charge in [-0.2, -0.15) is 18.4 Å². The monoisotopic (exact) mass is 448 g/mol. The van der Waals surface area contributed by atoms with Crippen molar-refractivity contribution in [2.45, 2.75) is 26.6 Å². The third-order valence-corrected chi connectivity index (χ3v) is 4.76. The van der Waals surface area contributed by atoms with Gasteiger partial charge in [0.15, 0.2) is 5.69 Å². The van der Waals surface area contributed by atoms with Crippen molar-refractivity contribution in [2.75, 3.05) is 5.32 Å². The molecule has 4 rings (SSSR count). The summed E-state index contributed by atoms with van der Waals surface area (Å²) in [7, 11) is 0. The molecule has 159 valence electrons. The first-order valence-electron chi connectivity index (χ1n) is 9.41. The van der Waals surface area contributed by atoms with E-state index < -0.39 is 11.9 Å². The van der Waals surface area contributed by atoms with E-state index in [4.69, 9.17) is 0 Å². The van der Waals surface area contributed by atoms with Crippen molar-refractivity contribution in [3.05, 3.63) is 71.2 Å². The van der Waals surface area contributed by atoms with E-state index in [0.717, 1.165) is 22.3 Å². The fourth-order valence-corrected chi connectivity index (χ4v) is 3.27. The summed E-state index contributed by atoms with van der Waals surface area (Å²) in [6, 6.07) is 15.4. The molecule has 0 aliphatic heterocycles. The van der Waals surface area contributed by atoms with Crippen LogP contribution in [0.5, 0.6) is 0 Å². The Hall–Kier alpha value is -2.82. The normalized spacial score (nSPS) is 11.2. The molecular formula is C21H18F3N7Na. The SMILES string of the molecule is Cc1nc(NCc2ccc(-c3ccccc3-c3nn[nH]n3)cc2)c(C)c(C(F)(F)F)n1.[Na]. The molecule has 32 heavy (non-hydrogen) atoms. The molecule has 0 unspecified atom stereocenters. The maximum atomic E-state index is 13.2. The number of halogens is 3. The van der Waals surface area contributed by atoms with Crippen molar-refractivity contribution in [1.29, 1.82) is 0 Å². The van der Waals surface area contributed by atoms with Crippen LogP contribution in [-0.2, 0) is 12.7 Å². The second-order valence-corrected chi connectivity index (χ2v) is 6.92. The first kappa shape index (κ1) is 23.8. The van der Waals surface area contributed by atoms with Crippen LogP contribution < -0.4 is 5.32 Å². The van der Waals surface area contributed by atoms with E-state index in [1.54, 1.807) is 0 Å². The molecule has 2 aromatic carbocycles. The summed E-state index contributed by atoms with van der Waals surface area (Å²) in [5.74, 6) is 0.733. The van der Waals surface area contributed by atoms with Gasteiger partial charge in [-0.1, -0.05) is 48.5 Å². The number of tetrazole rings is 1. The van der Waals surface area contributed by atoms with Gasteiger partial charge in [0.1, 0.15) is 11.6 Å². The molecule has 2 N–H and O–H groups in total. The van der Waals surface area contributed by atoms with Crippen molar-refractivity contribution >= 4 is 35.4 Å². The number of benzene rings is 2. The first-order chi connectivity index (χ1) is 14.8. The zero-order valence-corrected chi connectivity index (χ0v) is 19.7. The summed E-state index contributed by atoms with van der Waals surface area (Å²) >= 11 is 0. The quantitative estimate of drug-likeness (QED) is 0.445. The molecule has 0 amide bonds. The molecule has 0 spiro atoms. The largest absolute Gasteiger partial charge is 0.433 e. The van der Waals surface area contributed by atoms with Gasteiger partial charge in [-0.25, -0.2) is 9.97 Å². The number of alkyl halides is 3. The Labute approximate surface area is 204 Å². The molecule has 0 fully saturated rings. The van der Waals surface area contributed by atoms with Crippen LogP contribution in [-0.4, -0.2) is 60.1 Å². The number of hydrogen-bond donors (Lipinski definition) is 2. The molecule has 0 saturated carbocycles. The Morgan fingerprint density at radius 1 is 0.938 bits per heavy atom.